The molecule has 3 unspecified atom stereocenters. The lowest BCUT2D eigenvalue weighted by Gasteiger charge is -2.27. The van der Waals surface area contributed by atoms with E-state index < -0.39 is 6.23 Å². The molecule has 10 heavy (non-hydrogen) atoms. The van der Waals surface area contributed by atoms with Crippen LogP contribution in [0.4, 0.5) is 0 Å². The molecule has 0 amide bonds. The largest absolute Gasteiger partial charge is 0.350 e. The van der Waals surface area contributed by atoms with E-state index in [2.05, 4.69) is 12.1 Å². The zero-order chi connectivity index (χ0) is 7.56. The van der Waals surface area contributed by atoms with Gasteiger partial charge in [0.15, 0.2) is 6.23 Å². The Hall–Kier alpha value is -0.440. The summed E-state index contributed by atoms with van der Waals surface area (Å²) < 4.78 is 5.23. The average Bonchev–Trinajstić information content (AvgIpc) is 1.85. The minimum absolute atomic E-state index is 0.200. The van der Waals surface area contributed by atoms with Gasteiger partial charge in [-0.05, 0) is 24.4 Å². The van der Waals surface area contributed by atoms with Crippen LogP contribution in [-0.2, 0) is 4.74 Å². The summed E-state index contributed by atoms with van der Waals surface area (Å²) in [6, 6.07) is 0. The molecule has 0 aromatic rings. The minimum atomic E-state index is -0.390. The summed E-state index contributed by atoms with van der Waals surface area (Å²) in [6.45, 7) is 4.10. The van der Waals surface area contributed by atoms with E-state index in [0.29, 0.717) is 5.92 Å². The van der Waals surface area contributed by atoms with E-state index >= 15 is 0 Å². The molecule has 1 aliphatic rings. The van der Waals surface area contributed by atoms with Crippen LogP contribution in [0.25, 0.3) is 0 Å². The van der Waals surface area contributed by atoms with Crippen molar-refractivity contribution in [1.82, 2.24) is 0 Å². The summed E-state index contributed by atoms with van der Waals surface area (Å²) in [5.41, 5.74) is 0. The first kappa shape index (κ1) is 7.66. The Balaban J connectivity index is 2.42. The van der Waals surface area contributed by atoms with E-state index in [0.717, 1.165) is 12.8 Å². The molecule has 1 saturated heterocycles. The number of hydrogen-bond acceptors (Lipinski definition) is 3. The normalized spacial score (nSPS) is 41.2. The van der Waals surface area contributed by atoms with Gasteiger partial charge in [0.1, 0.15) is 0 Å². The van der Waals surface area contributed by atoms with Crippen molar-refractivity contribution >= 4 is 0 Å². The van der Waals surface area contributed by atoms with Crippen LogP contribution in [0.2, 0.25) is 0 Å². The third-order valence-electron chi connectivity index (χ3n) is 1.85. The lowest BCUT2D eigenvalue weighted by Crippen LogP contribution is -2.28. The highest BCUT2D eigenvalue weighted by molar-refractivity contribution is 4.70. The Morgan fingerprint density at radius 1 is 1.40 bits per heavy atom. The van der Waals surface area contributed by atoms with E-state index in [4.69, 9.17) is 4.74 Å². The highest BCUT2D eigenvalue weighted by Gasteiger charge is 2.24. The molecule has 3 heteroatoms. The van der Waals surface area contributed by atoms with Gasteiger partial charge < -0.3 is 4.74 Å². The molecule has 0 radical (unpaired) electrons. The quantitative estimate of drug-likeness (QED) is 0.526. The topological polar surface area (TPSA) is 38.7 Å². The number of ether oxygens (including phenoxy) is 1. The predicted octanol–water partition coefficient (Wildman–Crippen LogP) is 1.91. The van der Waals surface area contributed by atoms with Crippen LogP contribution in [-0.4, -0.2) is 12.3 Å². The van der Waals surface area contributed by atoms with Crippen molar-refractivity contribution in [3.63, 3.8) is 0 Å². The van der Waals surface area contributed by atoms with Gasteiger partial charge in [-0.1, -0.05) is 6.92 Å². The van der Waals surface area contributed by atoms with Crippen molar-refractivity contribution in [2.24, 2.45) is 11.1 Å². The highest BCUT2D eigenvalue weighted by Crippen LogP contribution is 2.24. The van der Waals surface area contributed by atoms with Crippen molar-refractivity contribution in [2.45, 2.75) is 39.0 Å². The van der Waals surface area contributed by atoms with Crippen LogP contribution in [0, 0.1) is 10.8 Å². The molecule has 58 valence electrons. The zero-order valence-electron chi connectivity index (χ0n) is 6.41. The molecule has 1 heterocycles. The third kappa shape index (κ3) is 1.77. The van der Waals surface area contributed by atoms with Crippen LogP contribution in [0.1, 0.15) is 26.7 Å². The Bertz CT molecular complexity index is 117. The molecule has 0 bridgehead atoms. The van der Waals surface area contributed by atoms with E-state index in [9.17, 15) is 4.91 Å². The lowest BCUT2D eigenvalue weighted by atomic mass is 9.97. The van der Waals surface area contributed by atoms with Crippen molar-refractivity contribution in [2.75, 3.05) is 0 Å². The molecule has 0 aromatic carbocycles. The lowest BCUT2D eigenvalue weighted by molar-refractivity contribution is -0.0541. The molecular formula is C7H13NO2. The van der Waals surface area contributed by atoms with Crippen LogP contribution in [0.5, 0.6) is 0 Å². The van der Waals surface area contributed by atoms with Gasteiger partial charge >= 0.3 is 0 Å². The first-order chi connectivity index (χ1) is 4.72. The number of nitroso groups, excluding NO2 is 1. The maximum Gasteiger partial charge on any atom is 0.190 e. The summed E-state index contributed by atoms with van der Waals surface area (Å²) in [5.74, 6) is 0.575. The standard InChI is InChI=1S/C7H13NO2/c1-5-3-6(2)10-7(4-5)8-9/h5-7H,3-4H2,1-2H3. The molecule has 1 fully saturated rings. The van der Waals surface area contributed by atoms with Gasteiger partial charge in [0.25, 0.3) is 0 Å². The molecule has 0 spiro atoms. The smallest absolute Gasteiger partial charge is 0.190 e. The molecule has 0 saturated carbocycles. The van der Waals surface area contributed by atoms with Gasteiger partial charge in [0.2, 0.25) is 0 Å². The SMILES string of the molecule is CC1CC(C)OC(N=O)C1. The van der Waals surface area contributed by atoms with E-state index in [-0.39, 0.29) is 6.10 Å². The van der Waals surface area contributed by atoms with Crippen molar-refractivity contribution in [3.05, 3.63) is 4.91 Å². The maximum atomic E-state index is 10.1. The van der Waals surface area contributed by atoms with Gasteiger partial charge in [0.05, 0.1) is 6.10 Å². The Labute approximate surface area is 60.7 Å². The number of rotatable bonds is 1. The zero-order valence-corrected chi connectivity index (χ0v) is 6.41. The molecule has 1 aliphatic heterocycles. The second-order valence-electron chi connectivity index (χ2n) is 3.08. The highest BCUT2D eigenvalue weighted by atomic mass is 16.5. The Morgan fingerprint density at radius 2 is 2.10 bits per heavy atom. The molecular weight excluding hydrogens is 130 g/mol. The summed E-state index contributed by atoms with van der Waals surface area (Å²) in [4.78, 5) is 10.1. The molecule has 3 atom stereocenters. The summed E-state index contributed by atoms with van der Waals surface area (Å²) in [6.07, 6.45) is 1.64. The van der Waals surface area contributed by atoms with Gasteiger partial charge in [-0.15, -0.1) is 4.91 Å². The van der Waals surface area contributed by atoms with Crippen LogP contribution >= 0.6 is 0 Å². The van der Waals surface area contributed by atoms with E-state index in [1.807, 2.05) is 6.92 Å². The van der Waals surface area contributed by atoms with Crippen molar-refractivity contribution in [3.8, 4) is 0 Å². The maximum absolute atomic E-state index is 10.1. The Kier molecular flexibility index (Phi) is 2.38. The predicted molar refractivity (Wildman–Crippen MR) is 38.5 cm³/mol. The Morgan fingerprint density at radius 3 is 2.60 bits per heavy atom. The molecule has 1 rings (SSSR count). The number of nitrogens with zero attached hydrogens (tertiary/aromatic N) is 1. The fourth-order valence-corrected chi connectivity index (χ4v) is 1.45. The van der Waals surface area contributed by atoms with Gasteiger partial charge in [0, 0.05) is 6.42 Å². The third-order valence-corrected chi connectivity index (χ3v) is 1.85. The van der Waals surface area contributed by atoms with Crippen molar-refractivity contribution < 1.29 is 4.74 Å². The molecule has 0 aliphatic carbocycles. The molecule has 3 nitrogen and oxygen atoms in total. The fourth-order valence-electron chi connectivity index (χ4n) is 1.45. The van der Waals surface area contributed by atoms with Gasteiger partial charge in [-0.25, -0.2) is 0 Å². The summed E-state index contributed by atoms with van der Waals surface area (Å²) in [7, 11) is 0. The second kappa shape index (κ2) is 3.10. The van der Waals surface area contributed by atoms with Gasteiger partial charge in [-0.3, -0.25) is 0 Å². The summed E-state index contributed by atoms with van der Waals surface area (Å²) in [5, 5.41) is 2.88. The monoisotopic (exact) mass is 143 g/mol. The second-order valence-corrected chi connectivity index (χ2v) is 3.08. The van der Waals surface area contributed by atoms with Crippen LogP contribution < -0.4 is 0 Å². The average molecular weight is 143 g/mol. The summed E-state index contributed by atoms with van der Waals surface area (Å²) >= 11 is 0. The minimum Gasteiger partial charge on any atom is -0.350 e. The van der Waals surface area contributed by atoms with Gasteiger partial charge in [-0.2, -0.15) is 0 Å². The first-order valence-electron chi connectivity index (χ1n) is 3.70. The van der Waals surface area contributed by atoms with Crippen LogP contribution in [0.15, 0.2) is 5.18 Å². The van der Waals surface area contributed by atoms with Crippen molar-refractivity contribution in [1.29, 1.82) is 0 Å². The fraction of sp³-hybridized carbons (Fsp3) is 1.00. The number of hydrogen-bond donors (Lipinski definition) is 0. The van der Waals surface area contributed by atoms with E-state index in [1.165, 1.54) is 0 Å². The molecule has 0 aromatic heterocycles. The first-order valence-corrected chi connectivity index (χ1v) is 3.70. The molecule has 0 N–H and O–H groups in total. The van der Waals surface area contributed by atoms with Crippen LogP contribution in [0.3, 0.4) is 0 Å². The van der Waals surface area contributed by atoms with E-state index in [1.54, 1.807) is 0 Å².